The van der Waals surface area contributed by atoms with Gasteiger partial charge in [0.2, 0.25) is 0 Å². The van der Waals surface area contributed by atoms with E-state index in [0.29, 0.717) is 0 Å². The van der Waals surface area contributed by atoms with Crippen molar-refractivity contribution >= 4 is 25.7 Å². The van der Waals surface area contributed by atoms with Crippen molar-refractivity contribution in [3.63, 3.8) is 0 Å². The van der Waals surface area contributed by atoms with Gasteiger partial charge in [0.05, 0.1) is 0 Å². The van der Waals surface area contributed by atoms with Crippen LogP contribution in [0.2, 0.25) is 0 Å². The Morgan fingerprint density at radius 3 is 1.94 bits per heavy atom. The second-order valence-electron chi connectivity index (χ2n) is 4.61. The SMILES string of the molecule is CC(C)(C)c1ccc([S]([Mo][OH])=P(O)(O)S)cc1. The molecule has 0 saturated carbocycles. The van der Waals surface area contributed by atoms with Gasteiger partial charge in [-0.1, -0.05) is 0 Å². The molecule has 0 heterocycles. The van der Waals surface area contributed by atoms with Crippen LogP contribution in [0.3, 0.4) is 0 Å². The van der Waals surface area contributed by atoms with Crippen LogP contribution in [0, 0.1) is 0 Å². The van der Waals surface area contributed by atoms with Gasteiger partial charge in [-0.25, -0.2) is 0 Å². The number of benzene rings is 1. The number of hydrogen-bond donors (Lipinski definition) is 4. The normalized spacial score (nSPS) is 14.8. The Bertz CT molecular complexity index is 439. The Kier molecular flexibility index (Phi) is 5.56. The third kappa shape index (κ3) is 4.50. The molecule has 1 atom stereocenters. The minimum atomic E-state index is -3.27. The Balaban J connectivity index is 3.21. The maximum atomic E-state index is 9.58. The predicted molar refractivity (Wildman–Crippen MR) is 73.3 cm³/mol. The molecule has 0 aliphatic rings. The van der Waals surface area contributed by atoms with E-state index in [1.807, 2.05) is 24.3 Å². The number of hydrogen-bond acceptors (Lipinski definition) is 1. The Morgan fingerprint density at radius 2 is 1.65 bits per heavy atom. The van der Waals surface area contributed by atoms with E-state index < -0.39 is 31.1 Å². The van der Waals surface area contributed by atoms with Crippen molar-refractivity contribution in [2.24, 2.45) is 0 Å². The van der Waals surface area contributed by atoms with Crippen molar-refractivity contribution in [3.05, 3.63) is 29.8 Å². The number of rotatable bonds is 2. The fraction of sp³-hybridized carbons (Fsp3) is 0.400. The quantitative estimate of drug-likeness (QED) is 0.364. The molecule has 0 spiro atoms. The first-order valence-corrected chi connectivity index (χ1v) is 12.9. The average molecular weight is 376 g/mol. The summed E-state index contributed by atoms with van der Waals surface area (Å²) in [6.45, 7) is 6.36. The van der Waals surface area contributed by atoms with E-state index in [4.69, 9.17) is 0 Å². The molecule has 17 heavy (non-hydrogen) atoms. The zero-order valence-electron chi connectivity index (χ0n) is 9.86. The van der Waals surface area contributed by atoms with Gasteiger partial charge < -0.3 is 0 Å². The van der Waals surface area contributed by atoms with Crippen LogP contribution < -0.4 is 0 Å². The molecule has 0 radical (unpaired) electrons. The van der Waals surface area contributed by atoms with E-state index in [-0.39, 0.29) is 5.41 Å². The molecule has 1 aromatic carbocycles. The van der Waals surface area contributed by atoms with Gasteiger partial charge >= 0.3 is 118 Å². The van der Waals surface area contributed by atoms with Gasteiger partial charge in [0.15, 0.2) is 0 Å². The average Bonchev–Trinajstić information content (AvgIpc) is 2.16. The summed E-state index contributed by atoms with van der Waals surface area (Å²) in [6.07, 6.45) is 0. The second kappa shape index (κ2) is 5.92. The van der Waals surface area contributed by atoms with Crippen molar-refractivity contribution < 1.29 is 31.2 Å². The Morgan fingerprint density at radius 1 is 1.18 bits per heavy atom. The molecule has 0 fully saturated rings. The van der Waals surface area contributed by atoms with Gasteiger partial charge in [-0.05, 0) is 0 Å². The van der Waals surface area contributed by atoms with Crippen molar-refractivity contribution in [1.82, 2.24) is 0 Å². The van der Waals surface area contributed by atoms with Gasteiger partial charge in [0, 0.05) is 0 Å². The number of thiol groups is 1. The van der Waals surface area contributed by atoms with Crippen LogP contribution in [0.25, 0.3) is 0 Å². The molecule has 0 aliphatic heterocycles. The third-order valence-electron chi connectivity index (χ3n) is 2.22. The van der Waals surface area contributed by atoms with Crippen LogP contribution in [0.1, 0.15) is 26.3 Å². The van der Waals surface area contributed by atoms with Crippen LogP contribution in [0.5, 0.6) is 0 Å². The summed E-state index contributed by atoms with van der Waals surface area (Å²) in [7, 11) is -0.875. The van der Waals surface area contributed by atoms with Crippen LogP contribution in [-0.2, 0) is 30.9 Å². The second-order valence-corrected chi connectivity index (χ2v) is 17.4. The van der Waals surface area contributed by atoms with E-state index in [1.54, 1.807) is 0 Å². The van der Waals surface area contributed by atoms with Crippen LogP contribution in [0.4, 0.5) is 0 Å². The summed E-state index contributed by atoms with van der Waals surface area (Å²) in [5, 5.41) is 0. The molecule has 3 nitrogen and oxygen atoms in total. The Labute approximate surface area is 117 Å². The first kappa shape index (κ1) is 16.0. The van der Waals surface area contributed by atoms with Crippen molar-refractivity contribution in [3.8, 4) is 0 Å². The van der Waals surface area contributed by atoms with Gasteiger partial charge in [-0.3, -0.25) is 0 Å². The molecule has 3 N–H and O–H groups in total. The molecule has 0 saturated heterocycles. The fourth-order valence-electron chi connectivity index (χ4n) is 1.30. The molecule has 1 rings (SSSR count). The minimum absolute atomic E-state index is 0.0681. The zero-order chi connectivity index (χ0) is 13.3. The summed E-state index contributed by atoms with van der Waals surface area (Å²) in [4.78, 5) is 19.9. The van der Waals surface area contributed by atoms with Crippen molar-refractivity contribution in [2.45, 2.75) is 31.1 Å². The maximum absolute atomic E-state index is 9.58. The molecule has 0 aromatic heterocycles. The topological polar surface area (TPSA) is 60.7 Å². The molecule has 0 bridgehead atoms. The van der Waals surface area contributed by atoms with Gasteiger partial charge in [0.1, 0.15) is 0 Å². The standard InChI is InChI=1S/C10H16O2PS2.Mo.H2O/c1-10(2,3)8-4-6-9(7-5-8)15-13(11,12)14;;/h4-7,11-12,14H,1-3H3;;1H2/q+1;;/p-1. The van der Waals surface area contributed by atoms with E-state index in [0.717, 1.165) is 4.90 Å². The van der Waals surface area contributed by atoms with Crippen molar-refractivity contribution in [1.29, 1.82) is 0 Å². The van der Waals surface area contributed by atoms with E-state index in [9.17, 15) is 13.5 Å². The molecule has 98 valence electrons. The summed E-state index contributed by atoms with van der Waals surface area (Å²) in [5.74, 6) is 0. The van der Waals surface area contributed by atoms with Crippen LogP contribution in [0.15, 0.2) is 29.2 Å². The molecule has 0 aliphatic carbocycles. The molecule has 1 aromatic rings. The van der Waals surface area contributed by atoms with E-state index in [2.05, 4.69) is 33.0 Å². The first-order chi connectivity index (χ1) is 7.66. The Hall–Kier alpha value is 0.918. The molecular formula is C10H17MoO3PS2. The predicted octanol–water partition coefficient (Wildman–Crippen LogP) is 2.46. The van der Waals surface area contributed by atoms with Gasteiger partial charge in [0.25, 0.3) is 0 Å². The van der Waals surface area contributed by atoms with Crippen LogP contribution in [-0.4, -0.2) is 13.5 Å². The molecule has 0 amide bonds. The van der Waals surface area contributed by atoms with E-state index in [1.165, 1.54) is 5.56 Å². The van der Waals surface area contributed by atoms with Gasteiger partial charge in [-0.15, -0.1) is 0 Å². The van der Waals surface area contributed by atoms with Crippen molar-refractivity contribution in [2.75, 3.05) is 0 Å². The van der Waals surface area contributed by atoms with E-state index >= 15 is 0 Å². The van der Waals surface area contributed by atoms with Crippen LogP contribution >= 0.6 is 17.9 Å². The summed E-state index contributed by atoms with van der Waals surface area (Å²) >= 11 is 2.39. The summed E-state index contributed by atoms with van der Waals surface area (Å²) < 4.78 is 9.35. The monoisotopic (exact) mass is 378 g/mol. The molecular weight excluding hydrogens is 359 g/mol. The van der Waals surface area contributed by atoms with Gasteiger partial charge in [-0.2, -0.15) is 0 Å². The first-order valence-electron chi connectivity index (χ1n) is 4.91. The molecule has 1 unspecified atom stereocenters. The fourth-order valence-corrected chi connectivity index (χ4v) is 9.48. The zero-order valence-corrected chi connectivity index (χ0v) is 14.5. The third-order valence-corrected chi connectivity index (χ3v) is 17.8. The summed E-state index contributed by atoms with van der Waals surface area (Å²) in [6, 6.07) is 7.67. The molecule has 7 heteroatoms. The summed E-state index contributed by atoms with van der Waals surface area (Å²) in [5.41, 5.74) is -2.02.